The summed E-state index contributed by atoms with van der Waals surface area (Å²) in [6.07, 6.45) is 0. The van der Waals surface area contributed by atoms with Crippen molar-refractivity contribution >= 4 is 27.3 Å². The number of hydrogen-bond acceptors (Lipinski definition) is 4. The summed E-state index contributed by atoms with van der Waals surface area (Å²) in [5.41, 5.74) is 2.35. The molecule has 114 valence electrons. The predicted molar refractivity (Wildman–Crippen MR) is 91.3 cm³/mol. The van der Waals surface area contributed by atoms with E-state index >= 15 is 0 Å². The highest BCUT2D eigenvalue weighted by molar-refractivity contribution is 9.10. The molecule has 0 aliphatic heterocycles. The van der Waals surface area contributed by atoms with Crippen LogP contribution < -0.4 is 14.8 Å². The van der Waals surface area contributed by atoms with Gasteiger partial charge in [-0.25, -0.2) is 0 Å². The number of ether oxygens (including phenoxy) is 2. The Morgan fingerprint density at radius 2 is 2.05 bits per heavy atom. The Morgan fingerprint density at radius 1 is 1.19 bits per heavy atom. The quantitative estimate of drug-likeness (QED) is 0.737. The molecule has 2 aromatic rings. The average molecular weight is 370 g/mol. The first-order valence-corrected chi connectivity index (χ1v) is 8.78. The van der Waals surface area contributed by atoms with Crippen LogP contribution in [0.2, 0.25) is 0 Å². The van der Waals surface area contributed by atoms with Crippen molar-refractivity contribution < 1.29 is 9.47 Å². The van der Waals surface area contributed by atoms with E-state index in [1.807, 2.05) is 13.0 Å². The van der Waals surface area contributed by atoms with E-state index in [0.717, 1.165) is 29.1 Å². The predicted octanol–water partition coefficient (Wildman–Crippen LogP) is 4.60. The second-order valence-corrected chi connectivity index (χ2v) is 6.17. The van der Waals surface area contributed by atoms with Gasteiger partial charge in [-0.2, -0.15) is 11.3 Å². The van der Waals surface area contributed by atoms with Gasteiger partial charge >= 0.3 is 0 Å². The van der Waals surface area contributed by atoms with Gasteiger partial charge in [0.05, 0.1) is 11.1 Å². The Labute approximate surface area is 138 Å². The van der Waals surface area contributed by atoms with E-state index in [1.165, 1.54) is 11.1 Å². The van der Waals surface area contributed by atoms with Gasteiger partial charge in [0, 0.05) is 6.54 Å². The van der Waals surface area contributed by atoms with Crippen LogP contribution in [0.25, 0.3) is 0 Å². The van der Waals surface area contributed by atoms with Gasteiger partial charge in [-0.15, -0.1) is 0 Å². The van der Waals surface area contributed by atoms with E-state index in [2.05, 4.69) is 51.1 Å². The fraction of sp³-hybridized carbons (Fsp3) is 0.375. The van der Waals surface area contributed by atoms with Crippen LogP contribution in [0.4, 0.5) is 0 Å². The van der Waals surface area contributed by atoms with Crippen LogP contribution in [-0.4, -0.2) is 13.2 Å². The van der Waals surface area contributed by atoms with Gasteiger partial charge < -0.3 is 14.8 Å². The highest BCUT2D eigenvalue weighted by atomic mass is 79.9. The number of halogens is 1. The monoisotopic (exact) mass is 369 g/mol. The van der Waals surface area contributed by atoms with Crippen LogP contribution in [0.5, 0.6) is 11.5 Å². The Balaban J connectivity index is 2.17. The SMILES string of the molecule is CCNCc1cc(Br)c(OCc2ccsc2)c(OCC)c1. The van der Waals surface area contributed by atoms with Gasteiger partial charge in [0.25, 0.3) is 0 Å². The topological polar surface area (TPSA) is 30.5 Å². The average Bonchev–Trinajstić information content (AvgIpc) is 2.98. The zero-order chi connectivity index (χ0) is 15.1. The summed E-state index contributed by atoms with van der Waals surface area (Å²) in [4.78, 5) is 0. The van der Waals surface area contributed by atoms with E-state index in [4.69, 9.17) is 9.47 Å². The van der Waals surface area contributed by atoms with Gasteiger partial charge in [-0.05, 0) is 69.5 Å². The molecule has 0 spiro atoms. The lowest BCUT2D eigenvalue weighted by molar-refractivity contribution is 0.267. The molecule has 0 saturated heterocycles. The maximum absolute atomic E-state index is 5.94. The third-order valence-electron chi connectivity index (χ3n) is 2.91. The summed E-state index contributed by atoms with van der Waals surface area (Å²) in [6, 6.07) is 6.19. The minimum absolute atomic E-state index is 0.550. The van der Waals surface area contributed by atoms with Crippen LogP contribution in [0, 0.1) is 0 Å². The van der Waals surface area contributed by atoms with Gasteiger partial charge in [0.1, 0.15) is 6.61 Å². The molecule has 5 heteroatoms. The molecule has 0 aliphatic rings. The van der Waals surface area contributed by atoms with Crippen LogP contribution in [0.3, 0.4) is 0 Å². The van der Waals surface area contributed by atoms with E-state index in [-0.39, 0.29) is 0 Å². The maximum Gasteiger partial charge on any atom is 0.175 e. The Hall–Kier alpha value is -1.04. The normalized spacial score (nSPS) is 10.6. The summed E-state index contributed by atoms with van der Waals surface area (Å²) in [6.45, 7) is 7.00. The van der Waals surface area contributed by atoms with E-state index in [1.54, 1.807) is 11.3 Å². The molecule has 0 amide bonds. The molecule has 0 bridgehead atoms. The Morgan fingerprint density at radius 3 is 2.71 bits per heavy atom. The third-order valence-corrected chi connectivity index (χ3v) is 4.23. The number of thiophene rings is 1. The minimum Gasteiger partial charge on any atom is -0.490 e. The number of rotatable bonds is 8. The third kappa shape index (κ3) is 4.73. The molecule has 2 rings (SSSR count). The van der Waals surface area contributed by atoms with Crippen molar-refractivity contribution in [1.29, 1.82) is 0 Å². The molecule has 0 aliphatic carbocycles. The summed E-state index contributed by atoms with van der Waals surface area (Å²) in [5.74, 6) is 1.55. The van der Waals surface area contributed by atoms with E-state index in [9.17, 15) is 0 Å². The molecule has 0 atom stereocenters. The van der Waals surface area contributed by atoms with Gasteiger partial charge in [0.15, 0.2) is 11.5 Å². The zero-order valence-corrected chi connectivity index (χ0v) is 14.7. The lowest BCUT2D eigenvalue weighted by atomic mass is 10.2. The molecule has 0 radical (unpaired) electrons. The lowest BCUT2D eigenvalue weighted by Gasteiger charge is -2.15. The molecule has 1 heterocycles. The molecular formula is C16H20BrNO2S. The van der Waals surface area contributed by atoms with Crippen LogP contribution >= 0.6 is 27.3 Å². The molecule has 21 heavy (non-hydrogen) atoms. The fourth-order valence-electron chi connectivity index (χ4n) is 1.93. The molecule has 1 N–H and O–H groups in total. The number of hydrogen-bond donors (Lipinski definition) is 1. The van der Waals surface area contributed by atoms with Crippen LogP contribution in [0.15, 0.2) is 33.4 Å². The molecule has 0 fully saturated rings. The fourth-order valence-corrected chi connectivity index (χ4v) is 3.18. The molecule has 1 aromatic carbocycles. The largest absolute Gasteiger partial charge is 0.490 e. The Kier molecular flexibility index (Phi) is 6.54. The molecular weight excluding hydrogens is 350 g/mol. The summed E-state index contributed by atoms with van der Waals surface area (Å²) in [7, 11) is 0. The molecule has 0 unspecified atom stereocenters. The van der Waals surface area contributed by atoms with Crippen LogP contribution in [0.1, 0.15) is 25.0 Å². The van der Waals surface area contributed by atoms with Crippen molar-refractivity contribution in [1.82, 2.24) is 5.32 Å². The highest BCUT2D eigenvalue weighted by Gasteiger charge is 2.12. The number of nitrogens with one attached hydrogen (secondary N) is 1. The summed E-state index contributed by atoms with van der Waals surface area (Å²) < 4.78 is 12.6. The van der Waals surface area contributed by atoms with Crippen molar-refractivity contribution in [3.63, 3.8) is 0 Å². The first-order chi connectivity index (χ1) is 10.2. The van der Waals surface area contributed by atoms with Crippen molar-refractivity contribution in [3.8, 4) is 11.5 Å². The molecule has 0 saturated carbocycles. The summed E-state index contributed by atoms with van der Waals surface area (Å²) in [5, 5.41) is 7.46. The van der Waals surface area contributed by atoms with E-state index in [0.29, 0.717) is 13.2 Å². The van der Waals surface area contributed by atoms with Crippen LogP contribution in [-0.2, 0) is 13.2 Å². The lowest BCUT2D eigenvalue weighted by Crippen LogP contribution is -2.12. The summed E-state index contributed by atoms with van der Waals surface area (Å²) >= 11 is 5.27. The van der Waals surface area contributed by atoms with Crippen molar-refractivity contribution in [3.05, 3.63) is 44.6 Å². The smallest absolute Gasteiger partial charge is 0.175 e. The van der Waals surface area contributed by atoms with Crippen molar-refractivity contribution in [2.24, 2.45) is 0 Å². The Bertz CT molecular complexity index is 558. The highest BCUT2D eigenvalue weighted by Crippen LogP contribution is 2.37. The number of benzene rings is 1. The second-order valence-electron chi connectivity index (χ2n) is 4.54. The molecule has 3 nitrogen and oxygen atoms in total. The second kappa shape index (κ2) is 8.41. The molecule has 1 aromatic heterocycles. The van der Waals surface area contributed by atoms with Gasteiger partial charge in [-0.3, -0.25) is 0 Å². The minimum atomic E-state index is 0.550. The zero-order valence-electron chi connectivity index (χ0n) is 12.3. The standard InChI is InChI=1S/C16H20BrNO2S/c1-3-18-9-13-7-14(17)16(15(8-13)19-4-2)20-10-12-5-6-21-11-12/h5-8,11,18H,3-4,9-10H2,1-2H3. The van der Waals surface area contributed by atoms with E-state index < -0.39 is 0 Å². The van der Waals surface area contributed by atoms with Gasteiger partial charge in [0.2, 0.25) is 0 Å². The first-order valence-electron chi connectivity index (χ1n) is 7.04. The van der Waals surface area contributed by atoms with Gasteiger partial charge in [-0.1, -0.05) is 6.92 Å². The van der Waals surface area contributed by atoms with Crippen molar-refractivity contribution in [2.75, 3.05) is 13.2 Å². The first kappa shape index (κ1) is 16.3. The van der Waals surface area contributed by atoms with Crippen molar-refractivity contribution in [2.45, 2.75) is 27.0 Å². The maximum atomic E-state index is 5.94.